The van der Waals surface area contributed by atoms with Crippen LogP contribution in [0.1, 0.15) is 24.5 Å². The van der Waals surface area contributed by atoms with Crippen molar-refractivity contribution in [3.05, 3.63) is 40.3 Å². The largest absolute Gasteiger partial charge is 0.480 e. The number of carboxylic acid groups (broad SMARTS) is 1. The molecule has 6 heteroatoms. The normalized spacial score (nSPS) is 18.4. The Morgan fingerprint density at radius 3 is 2.71 bits per heavy atom. The average Bonchev–Trinajstić information content (AvgIpc) is 2.70. The molecule has 1 saturated heterocycles. The summed E-state index contributed by atoms with van der Waals surface area (Å²) in [6.07, 6.45) is 2.09. The van der Waals surface area contributed by atoms with E-state index in [2.05, 4.69) is 0 Å². The van der Waals surface area contributed by atoms with Crippen molar-refractivity contribution in [2.24, 2.45) is 0 Å². The minimum Gasteiger partial charge on any atom is -0.480 e. The number of amides is 1. The standard InChI is InChI=1S/C15H15NO3S2/c1-3-11(14(18)19)16-13(17)12(21-15(16)20)8-10-7-5-4-6-9(10)2/h4-8,11H,3H2,1-2H3,(H,18,19)/b12-8-/t11-/m1/s1. The van der Waals surface area contributed by atoms with Crippen LogP contribution in [0.15, 0.2) is 29.2 Å². The molecule has 0 radical (unpaired) electrons. The van der Waals surface area contributed by atoms with Crippen molar-refractivity contribution in [2.75, 3.05) is 0 Å². The van der Waals surface area contributed by atoms with Gasteiger partial charge in [-0.05, 0) is 30.5 Å². The topological polar surface area (TPSA) is 57.6 Å². The molecular formula is C15H15NO3S2. The molecule has 0 unspecified atom stereocenters. The van der Waals surface area contributed by atoms with Crippen LogP contribution < -0.4 is 0 Å². The van der Waals surface area contributed by atoms with Crippen LogP contribution in [0.2, 0.25) is 0 Å². The van der Waals surface area contributed by atoms with Crippen LogP contribution >= 0.6 is 24.0 Å². The van der Waals surface area contributed by atoms with Crippen LogP contribution in [-0.2, 0) is 9.59 Å². The maximum Gasteiger partial charge on any atom is 0.326 e. The number of hydrogen-bond acceptors (Lipinski definition) is 4. The predicted octanol–water partition coefficient (Wildman–Crippen LogP) is 3.06. The summed E-state index contributed by atoms with van der Waals surface area (Å²) in [7, 11) is 0. The van der Waals surface area contributed by atoms with Gasteiger partial charge >= 0.3 is 5.97 Å². The van der Waals surface area contributed by atoms with Crippen molar-refractivity contribution in [3.63, 3.8) is 0 Å². The van der Waals surface area contributed by atoms with E-state index in [0.717, 1.165) is 22.9 Å². The molecule has 1 N–H and O–H groups in total. The van der Waals surface area contributed by atoms with Crippen LogP contribution in [0.4, 0.5) is 0 Å². The zero-order valence-corrected chi connectivity index (χ0v) is 13.3. The van der Waals surface area contributed by atoms with Crippen molar-refractivity contribution in [1.29, 1.82) is 0 Å². The van der Waals surface area contributed by atoms with E-state index in [1.165, 1.54) is 4.90 Å². The molecule has 1 atom stereocenters. The monoisotopic (exact) mass is 321 g/mol. The van der Waals surface area contributed by atoms with Gasteiger partial charge in [0.2, 0.25) is 0 Å². The summed E-state index contributed by atoms with van der Waals surface area (Å²) in [6, 6.07) is 6.79. The quantitative estimate of drug-likeness (QED) is 0.682. The zero-order chi connectivity index (χ0) is 15.6. The molecule has 1 aliphatic rings. The molecule has 1 heterocycles. The highest BCUT2D eigenvalue weighted by molar-refractivity contribution is 8.26. The minimum atomic E-state index is -1.04. The molecule has 0 bridgehead atoms. The molecule has 0 aliphatic carbocycles. The van der Waals surface area contributed by atoms with E-state index in [0.29, 0.717) is 15.6 Å². The molecule has 0 saturated carbocycles. The van der Waals surface area contributed by atoms with Crippen LogP contribution in [-0.4, -0.2) is 32.2 Å². The highest BCUT2D eigenvalue weighted by Crippen LogP contribution is 2.34. The van der Waals surface area contributed by atoms with Gasteiger partial charge < -0.3 is 5.11 Å². The van der Waals surface area contributed by atoms with Crippen LogP contribution in [0.25, 0.3) is 6.08 Å². The van der Waals surface area contributed by atoms with Gasteiger partial charge in [0.1, 0.15) is 10.4 Å². The first-order chi connectivity index (χ1) is 9.95. The molecule has 4 nitrogen and oxygen atoms in total. The summed E-state index contributed by atoms with van der Waals surface area (Å²) in [5.74, 6) is -1.37. The first kappa shape index (κ1) is 15.7. The summed E-state index contributed by atoms with van der Waals surface area (Å²) in [4.78, 5) is 25.3. The fraction of sp³-hybridized carbons (Fsp3) is 0.267. The highest BCUT2D eigenvalue weighted by Gasteiger charge is 2.39. The van der Waals surface area contributed by atoms with E-state index < -0.39 is 12.0 Å². The number of carbonyl (C=O) groups is 2. The van der Waals surface area contributed by atoms with Gasteiger partial charge in [0, 0.05) is 0 Å². The minimum absolute atomic E-state index is 0.300. The molecule has 1 aromatic rings. The highest BCUT2D eigenvalue weighted by atomic mass is 32.2. The molecule has 110 valence electrons. The van der Waals surface area contributed by atoms with Crippen molar-refractivity contribution >= 4 is 46.3 Å². The lowest BCUT2D eigenvalue weighted by molar-refractivity contribution is -0.145. The van der Waals surface area contributed by atoms with E-state index in [-0.39, 0.29) is 5.91 Å². The van der Waals surface area contributed by atoms with Gasteiger partial charge in [0.05, 0.1) is 4.91 Å². The Kier molecular flexibility index (Phi) is 4.80. The molecule has 1 fully saturated rings. The molecule has 21 heavy (non-hydrogen) atoms. The second-order valence-corrected chi connectivity index (χ2v) is 6.35. The number of rotatable bonds is 4. The number of benzene rings is 1. The number of thioether (sulfide) groups is 1. The van der Waals surface area contributed by atoms with Crippen molar-refractivity contribution in [3.8, 4) is 0 Å². The fourth-order valence-electron chi connectivity index (χ4n) is 2.11. The number of aliphatic carboxylic acids is 1. The smallest absolute Gasteiger partial charge is 0.326 e. The SMILES string of the molecule is CC[C@H](C(=O)O)N1C(=O)/C(=C/c2ccccc2C)SC1=S. The molecule has 0 aromatic heterocycles. The third-order valence-corrected chi connectivity index (χ3v) is 4.61. The number of hydrogen-bond donors (Lipinski definition) is 1. The van der Waals surface area contributed by atoms with Crippen molar-refractivity contribution < 1.29 is 14.7 Å². The Morgan fingerprint density at radius 1 is 1.48 bits per heavy atom. The van der Waals surface area contributed by atoms with Gasteiger partial charge in [-0.25, -0.2) is 4.79 Å². The van der Waals surface area contributed by atoms with Crippen LogP contribution in [0.3, 0.4) is 0 Å². The lowest BCUT2D eigenvalue weighted by atomic mass is 10.1. The Balaban J connectivity index is 2.34. The summed E-state index contributed by atoms with van der Waals surface area (Å²) < 4.78 is 0.300. The van der Waals surface area contributed by atoms with Gasteiger partial charge in [-0.1, -0.05) is 55.2 Å². The van der Waals surface area contributed by atoms with Crippen LogP contribution in [0.5, 0.6) is 0 Å². The lowest BCUT2D eigenvalue weighted by Gasteiger charge is -2.21. The Morgan fingerprint density at radius 2 is 2.14 bits per heavy atom. The van der Waals surface area contributed by atoms with E-state index in [1.807, 2.05) is 31.2 Å². The number of carboxylic acids is 1. The summed E-state index contributed by atoms with van der Waals surface area (Å²) in [5, 5.41) is 9.21. The van der Waals surface area contributed by atoms with Crippen molar-refractivity contribution in [2.45, 2.75) is 26.3 Å². The van der Waals surface area contributed by atoms with Gasteiger partial charge in [-0.2, -0.15) is 0 Å². The number of carbonyl (C=O) groups excluding carboxylic acids is 1. The van der Waals surface area contributed by atoms with E-state index in [4.69, 9.17) is 12.2 Å². The molecule has 2 rings (SSSR count). The fourth-order valence-corrected chi connectivity index (χ4v) is 3.45. The second-order valence-electron chi connectivity index (χ2n) is 4.67. The summed E-state index contributed by atoms with van der Waals surface area (Å²) in [5.41, 5.74) is 1.98. The van der Waals surface area contributed by atoms with Gasteiger partial charge in [0.15, 0.2) is 0 Å². The average molecular weight is 321 g/mol. The van der Waals surface area contributed by atoms with Crippen molar-refractivity contribution in [1.82, 2.24) is 4.90 Å². The summed E-state index contributed by atoms with van der Waals surface area (Å²) >= 11 is 6.32. The Hall–Kier alpha value is -1.66. The molecule has 1 aromatic carbocycles. The first-order valence-electron chi connectivity index (χ1n) is 6.51. The lowest BCUT2D eigenvalue weighted by Crippen LogP contribution is -2.43. The van der Waals surface area contributed by atoms with Gasteiger partial charge in [0.25, 0.3) is 5.91 Å². The van der Waals surface area contributed by atoms with Crippen LogP contribution in [0, 0.1) is 6.92 Å². The molecule has 1 amide bonds. The number of nitrogens with zero attached hydrogens (tertiary/aromatic N) is 1. The first-order valence-corrected chi connectivity index (χ1v) is 7.73. The van der Waals surface area contributed by atoms with Gasteiger partial charge in [-0.3, -0.25) is 9.69 Å². The third kappa shape index (κ3) is 3.16. The molecule has 0 spiro atoms. The van der Waals surface area contributed by atoms with E-state index in [1.54, 1.807) is 13.0 Å². The molecule has 1 aliphatic heterocycles. The molecular weight excluding hydrogens is 306 g/mol. The second kappa shape index (κ2) is 6.41. The third-order valence-electron chi connectivity index (χ3n) is 3.28. The predicted molar refractivity (Wildman–Crippen MR) is 87.9 cm³/mol. The Labute approximate surface area is 132 Å². The summed E-state index contributed by atoms with van der Waals surface area (Å²) in [6.45, 7) is 3.68. The van der Waals surface area contributed by atoms with E-state index >= 15 is 0 Å². The zero-order valence-electron chi connectivity index (χ0n) is 11.7. The maximum absolute atomic E-state index is 12.4. The number of aryl methyl sites for hydroxylation is 1. The number of thiocarbonyl (C=S) groups is 1. The van der Waals surface area contributed by atoms with E-state index in [9.17, 15) is 14.7 Å². The Bertz CT molecular complexity index is 640. The van der Waals surface area contributed by atoms with Gasteiger partial charge in [-0.15, -0.1) is 0 Å². The maximum atomic E-state index is 12.4.